The molecular weight excluding hydrogens is 308 g/mol. The van der Waals surface area contributed by atoms with E-state index in [1.807, 2.05) is 17.5 Å². The van der Waals surface area contributed by atoms with Gasteiger partial charge in [0.05, 0.1) is 18.9 Å². The Morgan fingerprint density at radius 1 is 1.26 bits per heavy atom. The van der Waals surface area contributed by atoms with Crippen molar-refractivity contribution in [1.29, 1.82) is 0 Å². The number of anilines is 1. The molecule has 2 aromatic rings. The number of hydrogen-bond acceptors (Lipinski definition) is 5. The van der Waals surface area contributed by atoms with Crippen LogP contribution in [-0.4, -0.2) is 18.7 Å². The molecule has 0 saturated carbocycles. The van der Waals surface area contributed by atoms with Crippen LogP contribution in [0.5, 0.6) is 5.75 Å². The van der Waals surface area contributed by atoms with Crippen molar-refractivity contribution in [3.63, 3.8) is 0 Å². The van der Waals surface area contributed by atoms with E-state index in [1.165, 1.54) is 30.6 Å². The molecule has 0 aliphatic heterocycles. The molecule has 1 aromatic heterocycles. The Labute approximate surface area is 142 Å². The van der Waals surface area contributed by atoms with Crippen molar-refractivity contribution in [2.24, 2.45) is 0 Å². The van der Waals surface area contributed by atoms with Crippen LogP contribution in [0.1, 0.15) is 51.2 Å². The number of nitrogens with zero attached hydrogens (tertiary/aromatic N) is 1. The minimum Gasteiger partial charge on any atom is -0.496 e. The number of hydrogen-bond donors (Lipinski definition) is 1. The van der Waals surface area contributed by atoms with Gasteiger partial charge in [-0.25, -0.2) is 4.98 Å². The zero-order chi connectivity index (χ0) is 16.7. The van der Waals surface area contributed by atoms with Crippen LogP contribution in [0.3, 0.4) is 0 Å². The number of rotatable bonds is 9. The van der Waals surface area contributed by atoms with Gasteiger partial charge in [0.25, 0.3) is 0 Å². The highest BCUT2D eigenvalue weighted by atomic mass is 32.1. The summed E-state index contributed by atoms with van der Waals surface area (Å²) in [4.78, 5) is 4.36. The number of nitrogen functional groups attached to an aromatic ring is 1. The number of para-hydroxylation sites is 1. The van der Waals surface area contributed by atoms with Crippen molar-refractivity contribution < 1.29 is 9.47 Å². The van der Waals surface area contributed by atoms with Gasteiger partial charge in [0.15, 0.2) is 5.13 Å². The Balaban J connectivity index is 2.12. The first-order valence-electron chi connectivity index (χ1n) is 8.17. The first-order chi connectivity index (χ1) is 11.2. The van der Waals surface area contributed by atoms with Gasteiger partial charge in [-0.1, -0.05) is 38.3 Å². The number of ether oxygens (including phenoxy) is 2. The molecule has 0 unspecified atom stereocenters. The van der Waals surface area contributed by atoms with Crippen LogP contribution in [0.15, 0.2) is 23.6 Å². The second-order valence-electron chi connectivity index (χ2n) is 5.57. The Morgan fingerprint density at radius 3 is 2.74 bits per heavy atom. The minimum atomic E-state index is -0.0116. The van der Waals surface area contributed by atoms with Crippen LogP contribution >= 0.6 is 11.3 Å². The van der Waals surface area contributed by atoms with E-state index in [4.69, 9.17) is 15.2 Å². The topological polar surface area (TPSA) is 57.4 Å². The van der Waals surface area contributed by atoms with Crippen molar-refractivity contribution in [2.75, 3.05) is 19.5 Å². The largest absolute Gasteiger partial charge is 0.496 e. The molecule has 0 radical (unpaired) electrons. The highest BCUT2D eigenvalue weighted by Gasteiger charge is 2.17. The van der Waals surface area contributed by atoms with E-state index in [1.54, 1.807) is 7.11 Å². The summed E-state index contributed by atoms with van der Waals surface area (Å²) >= 11 is 1.43. The molecule has 2 N–H and O–H groups in total. The molecule has 2 rings (SSSR count). The van der Waals surface area contributed by atoms with Crippen molar-refractivity contribution in [3.05, 3.63) is 29.1 Å². The zero-order valence-corrected chi connectivity index (χ0v) is 15.0. The van der Waals surface area contributed by atoms with Crippen LogP contribution < -0.4 is 10.5 Å². The summed E-state index contributed by atoms with van der Waals surface area (Å²) in [6.07, 6.45) is 4.81. The number of thiazole rings is 1. The maximum Gasteiger partial charge on any atom is 0.180 e. The zero-order valence-electron chi connectivity index (χ0n) is 14.2. The molecule has 1 heterocycles. The lowest BCUT2D eigenvalue weighted by atomic mass is 10.0. The molecule has 4 nitrogen and oxygen atoms in total. The van der Waals surface area contributed by atoms with E-state index in [2.05, 4.69) is 24.9 Å². The summed E-state index contributed by atoms with van der Waals surface area (Å²) in [6, 6.07) is 6.07. The van der Waals surface area contributed by atoms with E-state index < -0.39 is 0 Å². The molecule has 0 saturated heterocycles. The minimum absolute atomic E-state index is 0.0116. The van der Waals surface area contributed by atoms with Gasteiger partial charge in [0.1, 0.15) is 5.75 Å². The van der Waals surface area contributed by atoms with E-state index in [9.17, 15) is 0 Å². The SMILES string of the molecule is CCCCCCO[C@@H](C)c1cccc(-c2csc(N)n2)c1OC. The summed E-state index contributed by atoms with van der Waals surface area (Å²) in [5, 5.41) is 2.51. The second kappa shape index (κ2) is 8.89. The summed E-state index contributed by atoms with van der Waals surface area (Å²) in [5.41, 5.74) is 8.61. The van der Waals surface area contributed by atoms with Gasteiger partial charge in [0, 0.05) is 23.1 Å². The third-order valence-electron chi connectivity index (χ3n) is 3.85. The normalized spacial score (nSPS) is 12.3. The predicted octanol–water partition coefficient (Wildman–Crippen LogP) is 5.06. The second-order valence-corrected chi connectivity index (χ2v) is 6.46. The van der Waals surface area contributed by atoms with Crippen LogP contribution in [0.4, 0.5) is 5.13 Å². The molecule has 1 atom stereocenters. The van der Waals surface area contributed by atoms with Gasteiger partial charge in [0.2, 0.25) is 0 Å². The maximum absolute atomic E-state index is 5.99. The van der Waals surface area contributed by atoms with E-state index in [0.29, 0.717) is 5.13 Å². The van der Waals surface area contributed by atoms with E-state index in [-0.39, 0.29) is 6.10 Å². The van der Waals surface area contributed by atoms with Crippen molar-refractivity contribution in [3.8, 4) is 17.0 Å². The monoisotopic (exact) mass is 334 g/mol. The smallest absolute Gasteiger partial charge is 0.180 e. The third-order valence-corrected chi connectivity index (χ3v) is 4.53. The molecule has 0 bridgehead atoms. The van der Waals surface area contributed by atoms with E-state index in [0.717, 1.165) is 35.6 Å². The highest BCUT2D eigenvalue weighted by Crippen LogP contribution is 2.37. The Bertz CT molecular complexity index is 613. The number of benzene rings is 1. The first-order valence-corrected chi connectivity index (χ1v) is 9.05. The van der Waals surface area contributed by atoms with Crippen LogP contribution in [-0.2, 0) is 4.74 Å². The summed E-state index contributed by atoms with van der Waals surface area (Å²) in [7, 11) is 1.69. The van der Waals surface area contributed by atoms with Gasteiger partial charge < -0.3 is 15.2 Å². The van der Waals surface area contributed by atoms with Gasteiger partial charge >= 0.3 is 0 Å². The lowest BCUT2D eigenvalue weighted by Gasteiger charge is -2.18. The van der Waals surface area contributed by atoms with Crippen molar-refractivity contribution in [1.82, 2.24) is 4.98 Å². The molecule has 23 heavy (non-hydrogen) atoms. The summed E-state index contributed by atoms with van der Waals surface area (Å²) < 4.78 is 11.6. The molecule has 0 spiro atoms. The van der Waals surface area contributed by atoms with Gasteiger partial charge in [-0.05, 0) is 19.4 Å². The van der Waals surface area contributed by atoms with Crippen LogP contribution in [0.25, 0.3) is 11.3 Å². The molecule has 5 heteroatoms. The summed E-state index contributed by atoms with van der Waals surface area (Å²) in [5.74, 6) is 0.818. The van der Waals surface area contributed by atoms with Crippen molar-refractivity contribution >= 4 is 16.5 Å². The Morgan fingerprint density at radius 2 is 2.09 bits per heavy atom. The van der Waals surface area contributed by atoms with Crippen LogP contribution in [0, 0.1) is 0 Å². The number of aromatic nitrogens is 1. The standard InChI is InChI=1S/C18H26N2O2S/c1-4-5-6-7-11-22-13(2)14-9-8-10-15(17(14)21-3)16-12-23-18(19)20-16/h8-10,12-13H,4-7,11H2,1-3H3,(H2,19,20)/t13-/m0/s1. The van der Waals surface area contributed by atoms with E-state index >= 15 is 0 Å². The number of nitrogens with two attached hydrogens (primary N) is 1. The Kier molecular flexibility index (Phi) is 6.86. The highest BCUT2D eigenvalue weighted by molar-refractivity contribution is 7.13. The fourth-order valence-electron chi connectivity index (χ4n) is 2.59. The van der Waals surface area contributed by atoms with Gasteiger partial charge in [-0.3, -0.25) is 0 Å². The maximum atomic E-state index is 5.99. The number of unbranched alkanes of at least 4 members (excludes halogenated alkanes) is 3. The molecule has 1 aromatic carbocycles. The molecule has 0 amide bonds. The van der Waals surface area contributed by atoms with Crippen molar-refractivity contribution in [2.45, 2.75) is 45.6 Å². The quantitative estimate of drug-likeness (QED) is 0.651. The fourth-order valence-corrected chi connectivity index (χ4v) is 3.16. The Hall–Kier alpha value is -1.59. The van der Waals surface area contributed by atoms with Gasteiger partial charge in [-0.2, -0.15) is 0 Å². The molecule has 0 aliphatic rings. The third kappa shape index (κ3) is 4.69. The average Bonchev–Trinajstić information content (AvgIpc) is 3.00. The lowest BCUT2D eigenvalue weighted by Crippen LogP contribution is -2.05. The molecule has 0 aliphatic carbocycles. The first kappa shape index (κ1) is 17.8. The molecular formula is C18H26N2O2S. The molecule has 0 fully saturated rings. The van der Waals surface area contributed by atoms with Crippen LogP contribution in [0.2, 0.25) is 0 Å². The predicted molar refractivity (Wildman–Crippen MR) is 97.0 cm³/mol. The average molecular weight is 334 g/mol. The number of methoxy groups -OCH3 is 1. The van der Waals surface area contributed by atoms with Gasteiger partial charge in [-0.15, -0.1) is 11.3 Å². The fraction of sp³-hybridized carbons (Fsp3) is 0.500. The lowest BCUT2D eigenvalue weighted by molar-refractivity contribution is 0.0612. The summed E-state index contributed by atoms with van der Waals surface area (Å²) in [6.45, 7) is 5.06. The molecule has 126 valence electrons.